The normalized spacial score (nSPS) is 32.3. The summed E-state index contributed by atoms with van der Waals surface area (Å²) < 4.78 is 6.23. The maximum atomic E-state index is 6.23. The Morgan fingerprint density at radius 1 is 1.12 bits per heavy atom. The van der Waals surface area contributed by atoms with Gasteiger partial charge in [-0.2, -0.15) is 0 Å². The van der Waals surface area contributed by atoms with E-state index in [0.29, 0.717) is 0 Å². The molecule has 1 aliphatic heterocycles. The van der Waals surface area contributed by atoms with Crippen molar-refractivity contribution in [3.8, 4) is 0 Å². The average molecular weight is 237 g/mol. The van der Waals surface area contributed by atoms with Crippen molar-refractivity contribution in [2.45, 2.75) is 69.9 Å². The van der Waals surface area contributed by atoms with Gasteiger partial charge in [0.15, 0.2) is 0 Å². The SMILES string of the molecule is CC(C1CC1)N1CCOC2(CCCCCC2)C1. The molecule has 2 aliphatic carbocycles. The molecule has 1 spiro atoms. The van der Waals surface area contributed by atoms with Crippen LogP contribution in [0.4, 0.5) is 0 Å². The molecule has 0 radical (unpaired) electrons. The van der Waals surface area contributed by atoms with Crippen LogP contribution in [0.2, 0.25) is 0 Å². The summed E-state index contributed by atoms with van der Waals surface area (Å²) in [5, 5.41) is 0. The molecule has 1 atom stereocenters. The fourth-order valence-electron chi connectivity index (χ4n) is 3.77. The van der Waals surface area contributed by atoms with Crippen LogP contribution in [0.15, 0.2) is 0 Å². The van der Waals surface area contributed by atoms with Gasteiger partial charge in [-0.25, -0.2) is 0 Å². The second-order valence-electron chi connectivity index (χ2n) is 6.49. The Balaban J connectivity index is 1.64. The molecule has 1 heterocycles. The lowest BCUT2D eigenvalue weighted by Gasteiger charge is -2.45. The molecule has 17 heavy (non-hydrogen) atoms. The molecule has 2 saturated carbocycles. The summed E-state index contributed by atoms with van der Waals surface area (Å²) in [6, 6.07) is 0.805. The Kier molecular flexibility index (Phi) is 3.45. The predicted octanol–water partition coefficient (Wildman–Crippen LogP) is 3.21. The Labute approximate surface area is 106 Å². The molecule has 1 saturated heterocycles. The van der Waals surface area contributed by atoms with E-state index in [-0.39, 0.29) is 5.60 Å². The molecular weight excluding hydrogens is 210 g/mol. The minimum Gasteiger partial charge on any atom is -0.372 e. The first-order valence-corrected chi connectivity index (χ1v) is 7.67. The molecule has 3 rings (SSSR count). The van der Waals surface area contributed by atoms with Crippen LogP contribution in [0.1, 0.15) is 58.3 Å². The molecule has 2 heteroatoms. The van der Waals surface area contributed by atoms with Crippen LogP contribution in [0, 0.1) is 5.92 Å². The fraction of sp³-hybridized carbons (Fsp3) is 1.00. The van der Waals surface area contributed by atoms with Gasteiger partial charge in [-0.3, -0.25) is 4.90 Å². The number of nitrogens with zero attached hydrogens (tertiary/aromatic N) is 1. The largest absolute Gasteiger partial charge is 0.372 e. The van der Waals surface area contributed by atoms with E-state index in [0.717, 1.165) is 18.6 Å². The van der Waals surface area contributed by atoms with Gasteiger partial charge in [0.05, 0.1) is 12.2 Å². The number of hydrogen-bond acceptors (Lipinski definition) is 2. The molecule has 3 fully saturated rings. The fourth-order valence-corrected chi connectivity index (χ4v) is 3.77. The van der Waals surface area contributed by atoms with E-state index in [4.69, 9.17) is 4.74 Å². The number of rotatable bonds is 2. The van der Waals surface area contributed by atoms with E-state index in [1.165, 1.54) is 64.5 Å². The number of ether oxygens (including phenoxy) is 1. The van der Waals surface area contributed by atoms with E-state index in [1.807, 2.05) is 0 Å². The minimum absolute atomic E-state index is 0.234. The maximum absolute atomic E-state index is 6.23. The summed E-state index contributed by atoms with van der Waals surface area (Å²) in [6.45, 7) is 5.79. The van der Waals surface area contributed by atoms with Crippen molar-refractivity contribution in [3.63, 3.8) is 0 Å². The summed E-state index contributed by atoms with van der Waals surface area (Å²) in [5.74, 6) is 0.996. The monoisotopic (exact) mass is 237 g/mol. The van der Waals surface area contributed by atoms with Gasteiger partial charge >= 0.3 is 0 Å². The maximum Gasteiger partial charge on any atom is 0.0809 e. The number of morpholine rings is 1. The van der Waals surface area contributed by atoms with Gasteiger partial charge in [-0.15, -0.1) is 0 Å². The van der Waals surface area contributed by atoms with Gasteiger partial charge in [0, 0.05) is 19.1 Å². The third-order valence-corrected chi connectivity index (χ3v) is 5.17. The molecule has 0 amide bonds. The van der Waals surface area contributed by atoms with Crippen LogP contribution in [-0.4, -0.2) is 36.2 Å². The molecular formula is C15H27NO. The van der Waals surface area contributed by atoms with E-state index in [2.05, 4.69) is 11.8 Å². The van der Waals surface area contributed by atoms with Gasteiger partial charge in [-0.05, 0) is 38.5 Å². The lowest BCUT2D eigenvalue weighted by Crippen LogP contribution is -2.54. The zero-order valence-electron chi connectivity index (χ0n) is 11.3. The van der Waals surface area contributed by atoms with Crippen molar-refractivity contribution >= 4 is 0 Å². The van der Waals surface area contributed by atoms with Gasteiger partial charge in [0.1, 0.15) is 0 Å². The zero-order valence-corrected chi connectivity index (χ0v) is 11.3. The highest BCUT2D eigenvalue weighted by Gasteiger charge is 2.41. The van der Waals surface area contributed by atoms with E-state index in [1.54, 1.807) is 0 Å². The highest BCUT2D eigenvalue weighted by Crippen LogP contribution is 2.39. The van der Waals surface area contributed by atoms with E-state index >= 15 is 0 Å². The molecule has 0 aromatic carbocycles. The lowest BCUT2D eigenvalue weighted by molar-refractivity contribution is -0.126. The van der Waals surface area contributed by atoms with Crippen molar-refractivity contribution in [2.75, 3.05) is 19.7 Å². The smallest absolute Gasteiger partial charge is 0.0809 e. The Hall–Kier alpha value is -0.0800. The molecule has 98 valence electrons. The number of hydrogen-bond donors (Lipinski definition) is 0. The van der Waals surface area contributed by atoms with E-state index in [9.17, 15) is 0 Å². The lowest BCUT2D eigenvalue weighted by atomic mass is 9.91. The van der Waals surface area contributed by atoms with Crippen LogP contribution in [-0.2, 0) is 4.74 Å². The molecule has 0 aromatic rings. The van der Waals surface area contributed by atoms with Gasteiger partial charge in [0.2, 0.25) is 0 Å². The Morgan fingerprint density at radius 2 is 1.82 bits per heavy atom. The predicted molar refractivity (Wildman–Crippen MR) is 70.1 cm³/mol. The van der Waals surface area contributed by atoms with Crippen molar-refractivity contribution in [3.05, 3.63) is 0 Å². The summed E-state index contributed by atoms with van der Waals surface area (Å²) in [6.07, 6.45) is 11.1. The molecule has 2 nitrogen and oxygen atoms in total. The second-order valence-corrected chi connectivity index (χ2v) is 6.49. The first-order valence-electron chi connectivity index (χ1n) is 7.67. The van der Waals surface area contributed by atoms with Crippen LogP contribution in [0.5, 0.6) is 0 Å². The van der Waals surface area contributed by atoms with E-state index < -0.39 is 0 Å². The van der Waals surface area contributed by atoms with Crippen LogP contribution in [0.25, 0.3) is 0 Å². The topological polar surface area (TPSA) is 12.5 Å². The average Bonchev–Trinajstić information content (AvgIpc) is 3.16. The molecule has 0 bridgehead atoms. The third-order valence-electron chi connectivity index (χ3n) is 5.17. The van der Waals surface area contributed by atoms with Gasteiger partial charge in [0.25, 0.3) is 0 Å². The van der Waals surface area contributed by atoms with Crippen LogP contribution in [0.3, 0.4) is 0 Å². The third kappa shape index (κ3) is 2.68. The summed E-state index contributed by atoms with van der Waals surface area (Å²) in [5.41, 5.74) is 0.234. The van der Waals surface area contributed by atoms with Crippen LogP contribution < -0.4 is 0 Å². The molecule has 0 N–H and O–H groups in total. The zero-order chi connectivity index (χ0) is 11.7. The highest BCUT2D eigenvalue weighted by molar-refractivity contribution is 4.94. The highest BCUT2D eigenvalue weighted by atomic mass is 16.5. The van der Waals surface area contributed by atoms with Crippen molar-refractivity contribution < 1.29 is 4.74 Å². The Morgan fingerprint density at radius 3 is 2.47 bits per heavy atom. The van der Waals surface area contributed by atoms with Crippen LogP contribution >= 0.6 is 0 Å². The molecule has 3 aliphatic rings. The minimum atomic E-state index is 0.234. The second kappa shape index (κ2) is 4.89. The molecule has 1 unspecified atom stereocenters. The van der Waals surface area contributed by atoms with Gasteiger partial charge in [-0.1, -0.05) is 25.7 Å². The van der Waals surface area contributed by atoms with Gasteiger partial charge < -0.3 is 4.74 Å². The summed E-state index contributed by atoms with van der Waals surface area (Å²) >= 11 is 0. The summed E-state index contributed by atoms with van der Waals surface area (Å²) in [7, 11) is 0. The van der Waals surface area contributed by atoms with Crippen molar-refractivity contribution in [2.24, 2.45) is 5.92 Å². The standard InChI is InChI=1S/C15H27NO/c1-13(14-6-7-14)16-10-11-17-15(12-16)8-4-2-3-5-9-15/h13-14H,2-12H2,1H3. The quantitative estimate of drug-likeness (QED) is 0.731. The van der Waals surface area contributed by atoms with Crippen molar-refractivity contribution in [1.82, 2.24) is 4.90 Å². The van der Waals surface area contributed by atoms with Crippen molar-refractivity contribution in [1.29, 1.82) is 0 Å². The first kappa shape index (κ1) is 12.0. The molecule has 0 aromatic heterocycles. The Bertz CT molecular complexity index is 254. The summed E-state index contributed by atoms with van der Waals surface area (Å²) in [4.78, 5) is 2.73. The first-order chi connectivity index (χ1) is 8.29.